The zero-order chi connectivity index (χ0) is 12.4. The summed E-state index contributed by atoms with van der Waals surface area (Å²) in [5, 5.41) is 3.75. The highest BCUT2D eigenvalue weighted by Crippen LogP contribution is 2.38. The molecular formula is C16H30N2. The van der Waals surface area contributed by atoms with Crippen LogP contribution in [0.4, 0.5) is 0 Å². The average Bonchev–Trinajstić information content (AvgIpc) is 3.14. The lowest BCUT2D eigenvalue weighted by Gasteiger charge is -2.37. The predicted molar refractivity (Wildman–Crippen MR) is 76.8 cm³/mol. The summed E-state index contributed by atoms with van der Waals surface area (Å²) in [6.45, 7) is 4.99. The number of nitrogens with one attached hydrogen (secondary N) is 1. The van der Waals surface area contributed by atoms with E-state index in [2.05, 4.69) is 17.1 Å². The monoisotopic (exact) mass is 250 g/mol. The molecule has 3 fully saturated rings. The molecule has 104 valence electrons. The summed E-state index contributed by atoms with van der Waals surface area (Å²) in [5.74, 6) is 0.995. The van der Waals surface area contributed by atoms with Gasteiger partial charge in [-0.15, -0.1) is 0 Å². The molecule has 0 aromatic carbocycles. The third kappa shape index (κ3) is 2.91. The van der Waals surface area contributed by atoms with Gasteiger partial charge in [-0.2, -0.15) is 0 Å². The van der Waals surface area contributed by atoms with Gasteiger partial charge in [-0.3, -0.25) is 4.90 Å². The highest BCUT2D eigenvalue weighted by molar-refractivity contribution is 4.95. The molecule has 2 nitrogen and oxygen atoms in total. The minimum Gasteiger partial charge on any atom is -0.313 e. The minimum atomic E-state index is 0.789. The summed E-state index contributed by atoms with van der Waals surface area (Å²) in [4.78, 5) is 2.92. The van der Waals surface area contributed by atoms with Gasteiger partial charge in [0.2, 0.25) is 0 Å². The van der Waals surface area contributed by atoms with Crippen LogP contribution in [0.15, 0.2) is 0 Å². The first-order valence-electron chi connectivity index (χ1n) is 8.37. The Morgan fingerprint density at radius 2 is 1.89 bits per heavy atom. The molecule has 1 heterocycles. The van der Waals surface area contributed by atoms with Crippen LogP contribution in [0.2, 0.25) is 0 Å². The van der Waals surface area contributed by atoms with Gasteiger partial charge < -0.3 is 5.32 Å². The Morgan fingerprint density at radius 1 is 1.00 bits per heavy atom. The fourth-order valence-corrected chi connectivity index (χ4v) is 4.23. The molecule has 2 saturated carbocycles. The highest BCUT2D eigenvalue weighted by atomic mass is 15.2. The van der Waals surface area contributed by atoms with E-state index in [1.165, 1.54) is 70.9 Å². The molecule has 3 atom stereocenters. The lowest BCUT2D eigenvalue weighted by Crippen LogP contribution is -2.49. The smallest absolute Gasteiger partial charge is 0.0195 e. The highest BCUT2D eigenvalue weighted by Gasteiger charge is 2.39. The molecule has 0 spiro atoms. The van der Waals surface area contributed by atoms with Gasteiger partial charge in [0.25, 0.3) is 0 Å². The molecule has 1 aliphatic heterocycles. The van der Waals surface area contributed by atoms with E-state index in [0.717, 1.165) is 24.0 Å². The molecule has 0 radical (unpaired) electrons. The Labute approximate surface area is 113 Å². The lowest BCUT2D eigenvalue weighted by atomic mass is 9.97. The Morgan fingerprint density at radius 3 is 2.56 bits per heavy atom. The molecule has 18 heavy (non-hydrogen) atoms. The second-order valence-corrected chi connectivity index (χ2v) is 6.74. The molecular weight excluding hydrogens is 220 g/mol. The summed E-state index contributed by atoms with van der Waals surface area (Å²) in [7, 11) is 0. The Hall–Kier alpha value is -0.0800. The maximum atomic E-state index is 3.75. The maximum Gasteiger partial charge on any atom is 0.0195 e. The average molecular weight is 250 g/mol. The van der Waals surface area contributed by atoms with E-state index in [9.17, 15) is 0 Å². The van der Waals surface area contributed by atoms with Crippen LogP contribution in [0.1, 0.15) is 64.7 Å². The SMILES string of the molecule is CCC1CCCC1N(CC1CCCCN1)C1CC1. The van der Waals surface area contributed by atoms with Crippen molar-refractivity contribution in [2.24, 2.45) is 5.92 Å². The van der Waals surface area contributed by atoms with Crippen molar-refractivity contribution in [3.63, 3.8) is 0 Å². The normalized spacial score (nSPS) is 37.3. The zero-order valence-corrected chi connectivity index (χ0v) is 12.0. The number of nitrogens with zero attached hydrogens (tertiary/aromatic N) is 1. The van der Waals surface area contributed by atoms with Crippen LogP contribution in [0.25, 0.3) is 0 Å². The lowest BCUT2D eigenvalue weighted by molar-refractivity contribution is 0.126. The van der Waals surface area contributed by atoms with Gasteiger partial charge in [-0.05, 0) is 51.0 Å². The van der Waals surface area contributed by atoms with Crippen molar-refractivity contribution in [2.45, 2.75) is 82.8 Å². The Kier molecular flexibility index (Phi) is 4.25. The topological polar surface area (TPSA) is 15.3 Å². The van der Waals surface area contributed by atoms with Crippen molar-refractivity contribution in [3.8, 4) is 0 Å². The largest absolute Gasteiger partial charge is 0.313 e. The predicted octanol–water partition coefficient (Wildman–Crippen LogP) is 3.17. The summed E-state index contributed by atoms with van der Waals surface area (Å²) in [6, 6.07) is 2.66. The van der Waals surface area contributed by atoms with E-state index in [1.54, 1.807) is 0 Å². The summed E-state index contributed by atoms with van der Waals surface area (Å²) >= 11 is 0. The van der Waals surface area contributed by atoms with Crippen LogP contribution in [0, 0.1) is 5.92 Å². The minimum absolute atomic E-state index is 0.789. The van der Waals surface area contributed by atoms with Crippen molar-refractivity contribution in [2.75, 3.05) is 13.1 Å². The van der Waals surface area contributed by atoms with E-state index < -0.39 is 0 Å². The molecule has 1 saturated heterocycles. The van der Waals surface area contributed by atoms with Crippen LogP contribution in [0.3, 0.4) is 0 Å². The molecule has 3 rings (SSSR count). The molecule has 0 amide bonds. The molecule has 1 N–H and O–H groups in total. The van der Waals surface area contributed by atoms with E-state index in [0.29, 0.717) is 0 Å². The van der Waals surface area contributed by atoms with E-state index >= 15 is 0 Å². The number of piperidine rings is 1. The van der Waals surface area contributed by atoms with Crippen molar-refractivity contribution in [3.05, 3.63) is 0 Å². The Balaban J connectivity index is 1.60. The third-order valence-corrected chi connectivity index (χ3v) is 5.43. The molecule has 3 unspecified atom stereocenters. The molecule has 3 aliphatic rings. The van der Waals surface area contributed by atoms with Gasteiger partial charge in [0, 0.05) is 24.7 Å². The molecule has 2 aliphatic carbocycles. The molecule has 0 aromatic heterocycles. The number of hydrogen-bond donors (Lipinski definition) is 1. The number of rotatable bonds is 5. The molecule has 0 bridgehead atoms. The number of hydrogen-bond acceptors (Lipinski definition) is 2. The summed E-state index contributed by atoms with van der Waals surface area (Å²) in [6.07, 6.45) is 13.0. The van der Waals surface area contributed by atoms with E-state index in [4.69, 9.17) is 0 Å². The van der Waals surface area contributed by atoms with Gasteiger partial charge in [0.1, 0.15) is 0 Å². The van der Waals surface area contributed by atoms with Gasteiger partial charge in [-0.25, -0.2) is 0 Å². The van der Waals surface area contributed by atoms with Gasteiger partial charge in [0.15, 0.2) is 0 Å². The van der Waals surface area contributed by atoms with Crippen molar-refractivity contribution >= 4 is 0 Å². The standard InChI is InChI=1S/C16H30N2/c1-2-13-6-5-8-16(13)18(15-9-10-15)12-14-7-3-4-11-17-14/h13-17H,2-12H2,1H3. The van der Waals surface area contributed by atoms with Crippen molar-refractivity contribution in [1.82, 2.24) is 10.2 Å². The maximum absolute atomic E-state index is 3.75. The first-order valence-corrected chi connectivity index (χ1v) is 8.37. The summed E-state index contributed by atoms with van der Waals surface area (Å²) < 4.78 is 0. The molecule has 2 heteroatoms. The van der Waals surface area contributed by atoms with E-state index in [-0.39, 0.29) is 0 Å². The van der Waals surface area contributed by atoms with Crippen LogP contribution >= 0.6 is 0 Å². The Bertz CT molecular complexity index is 256. The van der Waals surface area contributed by atoms with Crippen molar-refractivity contribution in [1.29, 1.82) is 0 Å². The first kappa shape index (κ1) is 12.9. The molecule has 0 aromatic rings. The second-order valence-electron chi connectivity index (χ2n) is 6.74. The van der Waals surface area contributed by atoms with Crippen molar-refractivity contribution < 1.29 is 0 Å². The second kappa shape index (κ2) is 5.92. The van der Waals surface area contributed by atoms with Gasteiger partial charge >= 0.3 is 0 Å². The van der Waals surface area contributed by atoms with Crippen LogP contribution in [-0.4, -0.2) is 36.1 Å². The van der Waals surface area contributed by atoms with E-state index in [1.807, 2.05) is 0 Å². The first-order chi connectivity index (χ1) is 8.88. The fraction of sp³-hybridized carbons (Fsp3) is 1.00. The van der Waals surface area contributed by atoms with Crippen LogP contribution in [0.5, 0.6) is 0 Å². The van der Waals surface area contributed by atoms with Gasteiger partial charge in [0.05, 0.1) is 0 Å². The fourth-order valence-electron chi connectivity index (χ4n) is 4.23. The van der Waals surface area contributed by atoms with Crippen LogP contribution in [-0.2, 0) is 0 Å². The summed E-state index contributed by atoms with van der Waals surface area (Å²) in [5.41, 5.74) is 0. The third-order valence-electron chi connectivity index (χ3n) is 5.43. The van der Waals surface area contributed by atoms with Crippen LogP contribution < -0.4 is 5.32 Å². The van der Waals surface area contributed by atoms with Gasteiger partial charge in [-0.1, -0.05) is 26.2 Å². The quantitative estimate of drug-likeness (QED) is 0.806. The zero-order valence-electron chi connectivity index (χ0n) is 12.0.